The molecule has 0 aliphatic rings. The minimum Gasteiger partial charge on any atom is -0.361 e. The van der Waals surface area contributed by atoms with Gasteiger partial charge in [0.2, 0.25) is 5.89 Å². The highest BCUT2D eigenvalue weighted by atomic mass is 16.5. The number of rotatable bonds is 4. The molecule has 0 aliphatic heterocycles. The van der Waals surface area contributed by atoms with Crippen molar-refractivity contribution in [3.05, 3.63) is 29.3 Å². The van der Waals surface area contributed by atoms with Crippen LogP contribution in [-0.4, -0.2) is 20.1 Å². The van der Waals surface area contributed by atoms with Crippen molar-refractivity contribution in [2.75, 3.05) is 5.32 Å². The van der Waals surface area contributed by atoms with Crippen LogP contribution in [-0.2, 0) is 6.54 Å². The molecule has 0 aromatic carbocycles. The van der Waals surface area contributed by atoms with E-state index >= 15 is 0 Å². The van der Waals surface area contributed by atoms with E-state index in [1.54, 1.807) is 6.92 Å². The quantitative estimate of drug-likeness (QED) is 0.892. The highest BCUT2D eigenvalue weighted by Crippen LogP contribution is 2.14. The van der Waals surface area contributed by atoms with Crippen LogP contribution in [0, 0.1) is 13.8 Å². The molecule has 1 N–H and O–H groups in total. The molecule has 0 atom stereocenters. The van der Waals surface area contributed by atoms with Crippen molar-refractivity contribution in [2.24, 2.45) is 0 Å². The van der Waals surface area contributed by atoms with E-state index in [9.17, 15) is 0 Å². The summed E-state index contributed by atoms with van der Waals surface area (Å²) in [5, 5.41) is 6.90. The van der Waals surface area contributed by atoms with Crippen molar-refractivity contribution < 1.29 is 4.52 Å². The SMILES string of the molecule is Cc1cc(NCc2nc(C)no2)nc(C(C)C)n1. The predicted octanol–water partition coefficient (Wildman–Crippen LogP) is 2.21. The van der Waals surface area contributed by atoms with Crippen LogP contribution in [0.25, 0.3) is 0 Å². The van der Waals surface area contributed by atoms with Gasteiger partial charge in [-0.25, -0.2) is 9.97 Å². The molecule has 0 amide bonds. The number of aromatic nitrogens is 4. The molecule has 2 heterocycles. The molecule has 0 fully saturated rings. The van der Waals surface area contributed by atoms with Gasteiger partial charge in [-0.2, -0.15) is 4.98 Å². The molecule has 0 aliphatic carbocycles. The van der Waals surface area contributed by atoms with E-state index in [1.807, 2.05) is 13.0 Å². The molecule has 0 saturated carbocycles. The Morgan fingerprint density at radius 3 is 2.61 bits per heavy atom. The maximum Gasteiger partial charge on any atom is 0.245 e. The summed E-state index contributed by atoms with van der Waals surface area (Å²) in [6.07, 6.45) is 0. The van der Waals surface area contributed by atoms with Crippen LogP contribution in [0.2, 0.25) is 0 Å². The normalized spacial score (nSPS) is 10.9. The number of hydrogen-bond acceptors (Lipinski definition) is 6. The first-order valence-electron chi connectivity index (χ1n) is 5.93. The van der Waals surface area contributed by atoms with Gasteiger partial charge in [-0.15, -0.1) is 0 Å². The van der Waals surface area contributed by atoms with E-state index in [0.717, 1.165) is 17.3 Å². The Morgan fingerprint density at radius 2 is 2.00 bits per heavy atom. The average Bonchev–Trinajstić information content (AvgIpc) is 2.72. The van der Waals surface area contributed by atoms with Crippen LogP contribution < -0.4 is 5.32 Å². The predicted molar refractivity (Wildman–Crippen MR) is 67.2 cm³/mol. The highest BCUT2D eigenvalue weighted by molar-refractivity contribution is 5.36. The third kappa shape index (κ3) is 3.03. The third-order valence-electron chi connectivity index (χ3n) is 2.38. The number of hydrogen-bond donors (Lipinski definition) is 1. The van der Waals surface area contributed by atoms with Gasteiger partial charge >= 0.3 is 0 Å². The summed E-state index contributed by atoms with van der Waals surface area (Å²) in [6, 6.07) is 1.90. The largest absolute Gasteiger partial charge is 0.361 e. The van der Waals surface area contributed by atoms with Crippen LogP contribution in [0.1, 0.15) is 43.0 Å². The molecule has 18 heavy (non-hydrogen) atoms. The van der Waals surface area contributed by atoms with E-state index in [-0.39, 0.29) is 0 Å². The van der Waals surface area contributed by atoms with Gasteiger partial charge in [0.05, 0.1) is 6.54 Å². The summed E-state index contributed by atoms with van der Waals surface area (Å²) in [5.74, 6) is 3.10. The van der Waals surface area contributed by atoms with E-state index in [2.05, 4.69) is 39.3 Å². The Hall–Kier alpha value is -1.98. The smallest absolute Gasteiger partial charge is 0.245 e. The lowest BCUT2D eigenvalue weighted by molar-refractivity contribution is 0.379. The Kier molecular flexibility index (Phi) is 3.55. The lowest BCUT2D eigenvalue weighted by Crippen LogP contribution is -2.06. The topological polar surface area (TPSA) is 76.7 Å². The Bertz CT molecular complexity index is 535. The zero-order chi connectivity index (χ0) is 13.1. The van der Waals surface area contributed by atoms with Crippen LogP contribution in [0.4, 0.5) is 5.82 Å². The molecule has 2 rings (SSSR count). The summed E-state index contributed by atoms with van der Waals surface area (Å²) in [7, 11) is 0. The molecular weight excluding hydrogens is 230 g/mol. The van der Waals surface area contributed by atoms with Crippen LogP contribution in [0.15, 0.2) is 10.6 Å². The van der Waals surface area contributed by atoms with Gasteiger partial charge in [0.15, 0.2) is 5.82 Å². The molecular formula is C12H17N5O. The van der Waals surface area contributed by atoms with Gasteiger partial charge in [0.1, 0.15) is 11.6 Å². The van der Waals surface area contributed by atoms with E-state index in [1.165, 1.54) is 0 Å². The van der Waals surface area contributed by atoms with Crippen molar-refractivity contribution in [3.63, 3.8) is 0 Å². The number of aryl methyl sites for hydroxylation is 2. The first-order chi connectivity index (χ1) is 8.54. The van der Waals surface area contributed by atoms with Gasteiger partial charge in [0.25, 0.3) is 0 Å². The lowest BCUT2D eigenvalue weighted by Gasteiger charge is -2.08. The molecule has 6 nitrogen and oxygen atoms in total. The maximum atomic E-state index is 5.03. The first-order valence-corrected chi connectivity index (χ1v) is 5.93. The maximum absolute atomic E-state index is 5.03. The summed E-state index contributed by atoms with van der Waals surface area (Å²) in [6.45, 7) is 8.35. The van der Waals surface area contributed by atoms with Crippen molar-refractivity contribution >= 4 is 5.82 Å². The Morgan fingerprint density at radius 1 is 1.22 bits per heavy atom. The fourth-order valence-electron chi connectivity index (χ4n) is 1.52. The van der Waals surface area contributed by atoms with Gasteiger partial charge in [-0.1, -0.05) is 19.0 Å². The number of anilines is 1. The second-order valence-corrected chi connectivity index (χ2v) is 4.50. The Balaban J connectivity index is 2.09. The van der Waals surface area contributed by atoms with Crippen molar-refractivity contribution in [2.45, 2.75) is 40.2 Å². The summed E-state index contributed by atoms with van der Waals surface area (Å²) in [5.41, 5.74) is 0.943. The molecule has 0 unspecified atom stereocenters. The van der Waals surface area contributed by atoms with Crippen molar-refractivity contribution in [1.82, 2.24) is 20.1 Å². The van der Waals surface area contributed by atoms with Gasteiger partial charge < -0.3 is 9.84 Å². The van der Waals surface area contributed by atoms with Gasteiger partial charge in [-0.05, 0) is 13.8 Å². The molecule has 0 bridgehead atoms. The third-order valence-corrected chi connectivity index (χ3v) is 2.38. The summed E-state index contributed by atoms with van der Waals surface area (Å²) in [4.78, 5) is 13.0. The van der Waals surface area contributed by atoms with E-state index < -0.39 is 0 Å². The minimum absolute atomic E-state index is 0.302. The standard InChI is InChI=1S/C12H17N5O/c1-7(2)12-14-8(3)5-10(16-12)13-6-11-15-9(4)17-18-11/h5,7H,6H2,1-4H3,(H,13,14,16). The van der Waals surface area contributed by atoms with Crippen LogP contribution >= 0.6 is 0 Å². The zero-order valence-electron chi connectivity index (χ0n) is 11.1. The lowest BCUT2D eigenvalue weighted by atomic mass is 10.2. The Labute approximate surface area is 106 Å². The van der Waals surface area contributed by atoms with Crippen molar-refractivity contribution in [3.8, 4) is 0 Å². The molecule has 96 valence electrons. The summed E-state index contributed by atoms with van der Waals surface area (Å²) < 4.78 is 5.03. The zero-order valence-corrected chi connectivity index (χ0v) is 11.1. The number of nitrogens with zero attached hydrogens (tertiary/aromatic N) is 4. The monoisotopic (exact) mass is 247 g/mol. The summed E-state index contributed by atoms with van der Waals surface area (Å²) >= 11 is 0. The van der Waals surface area contributed by atoms with Crippen LogP contribution in [0.5, 0.6) is 0 Å². The average molecular weight is 247 g/mol. The van der Waals surface area contributed by atoms with Gasteiger partial charge in [-0.3, -0.25) is 0 Å². The minimum atomic E-state index is 0.302. The fraction of sp³-hybridized carbons (Fsp3) is 0.500. The van der Waals surface area contributed by atoms with E-state index in [4.69, 9.17) is 4.52 Å². The second kappa shape index (κ2) is 5.12. The molecule has 0 spiro atoms. The number of nitrogens with one attached hydrogen (secondary N) is 1. The van der Waals surface area contributed by atoms with Crippen LogP contribution in [0.3, 0.4) is 0 Å². The van der Waals surface area contributed by atoms with Crippen molar-refractivity contribution in [1.29, 1.82) is 0 Å². The molecule has 6 heteroatoms. The second-order valence-electron chi connectivity index (χ2n) is 4.50. The first kappa shape index (κ1) is 12.5. The van der Waals surface area contributed by atoms with Gasteiger partial charge in [0, 0.05) is 17.7 Å². The fourth-order valence-corrected chi connectivity index (χ4v) is 1.52. The molecule has 2 aromatic rings. The highest BCUT2D eigenvalue weighted by Gasteiger charge is 2.07. The molecule has 0 radical (unpaired) electrons. The van der Waals surface area contributed by atoms with E-state index in [0.29, 0.717) is 24.2 Å². The molecule has 0 saturated heterocycles. The molecule has 2 aromatic heterocycles.